The van der Waals surface area contributed by atoms with Crippen molar-refractivity contribution in [2.24, 2.45) is 0 Å². The number of ether oxygens (including phenoxy) is 1. The van der Waals surface area contributed by atoms with Crippen molar-refractivity contribution in [1.29, 1.82) is 0 Å². The lowest BCUT2D eigenvalue weighted by molar-refractivity contribution is -0.385. The summed E-state index contributed by atoms with van der Waals surface area (Å²) in [5.41, 5.74) is 0.0281. The standard InChI is InChI=1S/C10H11NO6/c1-17-9(10(13)14)5-6-2-3-7(11(15)16)8(12)4-6/h2-4,9,12H,5H2,1H3,(H,13,14). The molecule has 0 radical (unpaired) electrons. The van der Waals surface area contributed by atoms with Gasteiger partial charge in [-0.15, -0.1) is 0 Å². The number of carbonyl (C=O) groups is 1. The molecule has 0 aliphatic rings. The van der Waals surface area contributed by atoms with Crippen LogP contribution in [0.2, 0.25) is 0 Å². The van der Waals surface area contributed by atoms with Crippen LogP contribution in [0.15, 0.2) is 18.2 Å². The number of aliphatic carboxylic acids is 1. The molecule has 0 bridgehead atoms. The first-order chi connectivity index (χ1) is 7.95. The van der Waals surface area contributed by atoms with Crippen LogP contribution in [-0.2, 0) is 16.0 Å². The molecule has 0 heterocycles. The van der Waals surface area contributed by atoms with E-state index >= 15 is 0 Å². The zero-order valence-electron chi connectivity index (χ0n) is 8.99. The van der Waals surface area contributed by atoms with Gasteiger partial charge in [0, 0.05) is 19.6 Å². The van der Waals surface area contributed by atoms with E-state index in [1.807, 2.05) is 0 Å². The predicted molar refractivity (Wildman–Crippen MR) is 56.9 cm³/mol. The van der Waals surface area contributed by atoms with Crippen LogP contribution in [-0.4, -0.2) is 34.3 Å². The number of nitro benzene ring substituents is 1. The molecule has 1 unspecified atom stereocenters. The molecule has 1 aromatic rings. The molecule has 0 saturated carbocycles. The van der Waals surface area contributed by atoms with Gasteiger partial charge in [-0.25, -0.2) is 4.79 Å². The Balaban J connectivity index is 2.90. The fourth-order valence-corrected chi connectivity index (χ4v) is 1.34. The largest absolute Gasteiger partial charge is 0.502 e. The number of benzene rings is 1. The van der Waals surface area contributed by atoms with Crippen molar-refractivity contribution in [1.82, 2.24) is 0 Å². The van der Waals surface area contributed by atoms with Crippen LogP contribution < -0.4 is 0 Å². The van der Waals surface area contributed by atoms with Gasteiger partial charge in [-0.1, -0.05) is 6.07 Å². The number of carboxylic acids is 1. The van der Waals surface area contributed by atoms with Gasteiger partial charge in [0.05, 0.1) is 4.92 Å². The Morgan fingerprint density at radius 2 is 2.24 bits per heavy atom. The zero-order valence-corrected chi connectivity index (χ0v) is 8.99. The number of carboxylic acid groups (broad SMARTS) is 1. The number of hydrogen-bond donors (Lipinski definition) is 2. The highest BCUT2D eigenvalue weighted by atomic mass is 16.6. The molecule has 0 aromatic heterocycles. The van der Waals surface area contributed by atoms with Gasteiger partial charge < -0.3 is 14.9 Å². The second-order valence-corrected chi connectivity index (χ2v) is 3.35. The summed E-state index contributed by atoms with van der Waals surface area (Å²) < 4.78 is 4.72. The third-order valence-corrected chi connectivity index (χ3v) is 2.22. The van der Waals surface area contributed by atoms with Crippen molar-refractivity contribution in [2.75, 3.05) is 7.11 Å². The van der Waals surface area contributed by atoms with Gasteiger partial charge in [-0.05, 0) is 11.6 Å². The molecule has 0 saturated heterocycles. The molecule has 0 amide bonds. The van der Waals surface area contributed by atoms with E-state index in [2.05, 4.69) is 0 Å². The Bertz CT molecular complexity index is 444. The first-order valence-corrected chi connectivity index (χ1v) is 4.67. The minimum absolute atomic E-state index is 0.0252. The Hall–Kier alpha value is -2.15. The third-order valence-electron chi connectivity index (χ3n) is 2.22. The van der Waals surface area contributed by atoms with E-state index in [4.69, 9.17) is 9.84 Å². The minimum atomic E-state index is -1.13. The van der Waals surface area contributed by atoms with E-state index < -0.39 is 28.4 Å². The summed E-state index contributed by atoms with van der Waals surface area (Å²) in [5, 5.41) is 28.6. The first-order valence-electron chi connectivity index (χ1n) is 4.67. The number of phenolic OH excluding ortho intramolecular Hbond substituents is 1. The van der Waals surface area contributed by atoms with Crippen molar-refractivity contribution in [3.8, 4) is 5.75 Å². The van der Waals surface area contributed by atoms with E-state index in [9.17, 15) is 20.0 Å². The second-order valence-electron chi connectivity index (χ2n) is 3.35. The molecule has 0 spiro atoms. The quantitative estimate of drug-likeness (QED) is 0.586. The normalized spacial score (nSPS) is 12.1. The number of methoxy groups -OCH3 is 1. The average Bonchev–Trinajstić information content (AvgIpc) is 2.24. The van der Waals surface area contributed by atoms with Crippen LogP contribution in [0.3, 0.4) is 0 Å². The molecule has 1 atom stereocenters. The highest BCUT2D eigenvalue weighted by molar-refractivity contribution is 5.72. The molecule has 7 nitrogen and oxygen atoms in total. The topological polar surface area (TPSA) is 110 Å². The van der Waals surface area contributed by atoms with Crippen LogP contribution in [0.4, 0.5) is 5.69 Å². The van der Waals surface area contributed by atoms with Crippen molar-refractivity contribution >= 4 is 11.7 Å². The molecule has 92 valence electrons. The van der Waals surface area contributed by atoms with Crippen molar-refractivity contribution in [2.45, 2.75) is 12.5 Å². The highest BCUT2D eigenvalue weighted by Crippen LogP contribution is 2.26. The number of rotatable bonds is 5. The van der Waals surface area contributed by atoms with Gasteiger partial charge in [0.15, 0.2) is 11.9 Å². The molecule has 17 heavy (non-hydrogen) atoms. The van der Waals surface area contributed by atoms with Crippen molar-refractivity contribution in [3.05, 3.63) is 33.9 Å². The summed E-state index contributed by atoms with van der Waals surface area (Å²) in [6.07, 6.45) is -1.02. The molecule has 2 N–H and O–H groups in total. The maximum Gasteiger partial charge on any atom is 0.333 e. The molecule has 0 fully saturated rings. The lowest BCUT2D eigenvalue weighted by atomic mass is 10.1. The number of aromatic hydroxyl groups is 1. The fraction of sp³-hybridized carbons (Fsp3) is 0.300. The summed E-state index contributed by atoms with van der Waals surface area (Å²) in [6.45, 7) is 0. The number of nitro groups is 1. The van der Waals surface area contributed by atoms with E-state index in [1.165, 1.54) is 13.2 Å². The van der Waals surface area contributed by atoms with E-state index in [1.54, 1.807) is 0 Å². The summed E-state index contributed by atoms with van der Waals surface area (Å²) in [4.78, 5) is 20.4. The highest BCUT2D eigenvalue weighted by Gasteiger charge is 2.19. The fourth-order valence-electron chi connectivity index (χ4n) is 1.34. The monoisotopic (exact) mass is 241 g/mol. The van der Waals surface area contributed by atoms with Gasteiger partial charge in [0.25, 0.3) is 0 Å². The van der Waals surface area contributed by atoms with Crippen molar-refractivity contribution < 1.29 is 24.7 Å². The molecular weight excluding hydrogens is 230 g/mol. The van der Waals surface area contributed by atoms with Gasteiger partial charge in [0.1, 0.15) is 0 Å². The summed E-state index contributed by atoms with van der Waals surface area (Å²) in [7, 11) is 1.25. The van der Waals surface area contributed by atoms with Crippen LogP contribution >= 0.6 is 0 Å². The summed E-state index contributed by atoms with van der Waals surface area (Å²) in [6, 6.07) is 3.67. The van der Waals surface area contributed by atoms with Crippen molar-refractivity contribution in [3.63, 3.8) is 0 Å². The van der Waals surface area contributed by atoms with Gasteiger partial charge >= 0.3 is 11.7 Å². The molecule has 1 aromatic carbocycles. The van der Waals surface area contributed by atoms with E-state index in [0.717, 1.165) is 12.1 Å². The van der Waals surface area contributed by atoms with Crippen LogP contribution in [0.25, 0.3) is 0 Å². The summed E-state index contributed by atoms with van der Waals surface area (Å²) >= 11 is 0. The Morgan fingerprint density at radius 3 is 2.65 bits per heavy atom. The van der Waals surface area contributed by atoms with Crippen LogP contribution in [0.1, 0.15) is 5.56 Å². The maximum absolute atomic E-state index is 10.7. The van der Waals surface area contributed by atoms with Gasteiger partial charge in [-0.2, -0.15) is 0 Å². The maximum atomic E-state index is 10.7. The smallest absolute Gasteiger partial charge is 0.333 e. The molecule has 7 heteroatoms. The lowest BCUT2D eigenvalue weighted by Gasteiger charge is -2.10. The summed E-state index contributed by atoms with van der Waals surface area (Å²) in [5.74, 6) is -1.63. The first kappa shape index (κ1) is 12.9. The molecule has 0 aliphatic carbocycles. The molecule has 0 aliphatic heterocycles. The number of hydrogen-bond acceptors (Lipinski definition) is 5. The van der Waals surface area contributed by atoms with Gasteiger partial charge in [-0.3, -0.25) is 10.1 Å². The average molecular weight is 241 g/mol. The van der Waals surface area contributed by atoms with Gasteiger partial charge in [0.2, 0.25) is 0 Å². The van der Waals surface area contributed by atoms with E-state index in [0.29, 0.717) is 5.56 Å². The Kier molecular flexibility index (Phi) is 4.00. The Labute approximate surface area is 96.4 Å². The molecule has 1 rings (SSSR count). The lowest BCUT2D eigenvalue weighted by Crippen LogP contribution is -2.24. The number of nitrogens with zero attached hydrogens (tertiary/aromatic N) is 1. The third kappa shape index (κ3) is 3.15. The van der Waals surface area contributed by atoms with E-state index in [-0.39, 0.29) is 6.42 Å². The predicted octanol–water partition coefficient (Wildman–Crippen LogP) is 0.942. The Morgan fingerprint density at radius 1 is 1.59 bits per heavy atom. The molecular formula is C10H11NO6. The second kappa shape index (κ2) is 5.26. The number of phenols is 1. The SMILES string of the molecule is COC(Cc1ccc([N+](=O)[O-])c(O)c1)C(=O)O. The zero-order chi connectivity index (χ0) is 13.0. The minimum Gasteiger partial charge on any atom is -0.502 e. The van der Waals surface area contributed by atoms with Crippen LogP contribution in [0, 0.1) is 10.1 Å². The van der Waals surface area contributed by atoms with Crippen LogP contribution in [0.5, 0.6) is 5.75 Å².